The summed E-state index contributed by atoms with van der Waals surface area (Å²) in [6.07, 6.45) is 1.38. The van der Waals surface area contributed by atoms with Gasteiger partial charge < -0.3 is 0 Å². The van der Waals surface area contributed by atoms with E-state index in [-0.39, 0.29) is 17.9 Å². The molecule has 0 unspecified atom stereocenters. The van der Waals surface area contributed by atoms with Crippen molar-refractivity contribution in [2.45, 2.75) is 47.0 Å². The number of ketones is 1. The summed E-state index contributed by atoms with van der Waals surface area (Å²) < 4.78 is 1.47. The lowest BCUT2D eigenvalue weighted by molar-refractivity contribution is -0.386. The molecular formula is C13H21N3O3. The van der Waals surface area contributed by atoms with Crippen LogP contribution >= 0.6 is 0 Å². The van der Waals surface area contributed by atoms with Gasteiger partial charge in [-0.2, -0.15) is 5.10 Å². The highest BCUT2D eigenvalue weighted by molar-refractivity contribution is 5.86. The lowest BCUT2D eigenvalue weighted by Gasteiger charge is -2.16. The van der Waals surface area contributed by atoms with Gasteiger partial charge in [0.25, 0.3) is 0 Å². The predicted molar refractivity (Wildman–Crippen MR) is 72.0 cm³/mol. The van der Waals surface area contributed by atoms with Crippen molar-refractivity contribution in [3.8, 4) is 0 Å². The number of carbonyl (C=O) groups is 1. The number of nitro groups is 1. The molecule has 0 radical (unpaired) electrons. The van der Waals surface area contributed by atoms with E-state index in [0.29, 0.717) is 17.8 Å². The maximum absolute atomic E-state index is 12.1. The molecule has 0 aliphatic carbocycles. The van der Waals surface area contributed by atoms with E-state index in [1.807, 2.05) is 27.7 Å². The first-order chi connectivity index (χ1) is 8.68. The molecule has 0 aliphatic heterocycles. The van der Waals surface area contributed by atoms with Crippen LogP contribution < -0.4 is 0 Å². The van der Waals surface area contributed by atoms with Crippen LogP contribution in [0.25, 0.3) is 0 Å². The van der Waals surface area contributed by atoms with Crippen molar-refractivity contribution < 1.29 is 9.72 Å². The van der Waals surface area contributed by atoms with Crippen molar-refractivity contribution in [2.24, 2.45) is 12.5 Å². The van der Waals surface area contributed by atoms with Crippen LogP contribution in [0.3, 0.4) is 0 Å². The lowest BCUT2D eigenvalue weighted by Crippen LogP contribution is -2.23. The summed E-state index contributed by atoms with van der Waals surface area (Å²) in [6.45, 7) is 7.37. The van der Waals surface area contributed by atoms with Crippen molar-refractivity contribution in [3.63, 3.8) is 0 Å². The molecule has 1 rings (SSSR count). The lowest BCUT2D eigenvalue weighted by atomic mass is 9.88. The van der Waals surface area contributed by atoms with Crippen LogP contribution in [0.4, 0.5) is 5.69 Å². The van der Waals surface area contributed by atoms with Crippen LogP contribution in [-0.2, 0) is 24.7 Å². The van der Waals surface area contributed by atoms with Crippen LogP contribution in [0.1, 0.15) is 45.5 Å². The van der Waals surface area contributed by atoms with Crippen LogP contribution in [0.15, 0.2) is 0 Å². The van der Waals surface area contributed by atoms with E-state index in [0.717, 1.165) is 6.42 Å². The number of carbonyl (C=O) groups excluding carboxylic acids is 1. The van der Waals surface area contributed by atoms with Crippen LogP contribution in [0.2, 0.25) is 0 Å². The number of Topliss-reactive ketones (excluding diaryl/α,β-unsaturated/α-hetero) is 1. The maximum Gasteiger partial charge on any atom is 0.313 e. The summed E-state index contributed by atoms with van der Waals surface area (Å²) in [4.78, 5) is 22.8. The molecule has 6 nitrogen and oxygen atoms in total. The zero-order valence-electron chi connectivity index (χ0n) is 12.2. The van der Waals surface area contributed by atoms with Crippen molar-refractivity contribution in [2.75, 3.05) is 0 Å². The standard InChI is InChI=1S/C13H21N3O3/c1-6-7-9-12(16(18)19)10(15(5)14-9)8-11(17)13(2,3)4/h6-8H2,1-5H3. The fourth-order valence-corrected chi connectivity index (χ4v) is 1.84. The number of aryl methyl sites for hydroxylation is 2. The maximum atomic E-state index is 12.1. The Balaban J connectivity index is 3.20. The van der Waals surface area contributed by atoms with Crippen molar-refractivity contribution in [3.05, 3.63) is 21.5 Å². The fraction of sp³-hybridized carbons (Fsp3) is 0.692. The Morgan fingerprint density at radius 2 is 2.00 bits per heavy atom. The molecule has 0 aliphatic rings. The van der Waals surface area contributed by atoms with E-state index in [1.165, 1.54) is 4.68 Å². The molecule has 0 saturated carbocycles. The summed E-state index contributed by atoms with van der Waals surface area (Å²) in [6, 6.07) is 0. The van der Waals surface area contributed by atoms with Crippen LogP contribution in [0, 0.1) is 15.5 Å². The smallest absolute Gasteiger partial charge is 0.299 e. The number of hydrogen-bond donors (Lipinski definition) is 0. The van der Waals surface area contributed by atoms with E-state index >= 15 is 0 Å². The van der Waals surface area contributed by atoms with E-state index in [2.05, 4.69) is 5.10 Å². The Morgan fingerprint density at radius 3 is 2.42 bits per heavy atom. The van der Waals surface area contributed by atoms with Crippen molar-refractivity contribution >= 4 is 11.5 Å². The quantitative estimate of drug-likeness (QED) is 0.606. The number of hydrogen-bond acceptors (Lipinski definition) is 4. The first-order valence-corrected chi connectivity index (χ1v) is 6.41. The minimum Gasteiger partial charge on any atom is -0.299 e. The topological polar surface area (TPSA) is 78.0 Å². The highest BCUT2D eigenvalue weighted by Gasteiger charge is 2.30. The second-order valence-corrected chi connectivity index (χ2v) is 5.72. The largest absolute Gasteiger partial charge is 0.313 e. The first kappa shape index (κ1) is 15.3. The Morgan fingerprint density at radius 1 is 1.42 bits per heavy atom. The average Bonchev–Trinajstić information content (AvgIpc) is 2.54. The normalized spacial score (nSPS) is 11.6. The summed E-state index contributed by atoms with van der Waals surface area (Å²) >= 11 is 0. The average molecular weight is 267 g/mol. The SMILES string of the molecule is CCCc1nn(C)c(CC(=O)C(C)(C)C)c1[N+](=O)[O-]. The Kier molecular flexibility index (Phi) is 4.44. The second kappa shape index (κ2) is 5.50. The molecule has 1 aromatic heterocycles. The minimum absolute atomic E-state index is 0.00181. The molecule has 0 fully saturated rings. The Labute approximate surface area is 113 Å². The molecular weight excluding hydrogens is 246 g/mol. The molecule has 1 heterocycles. The van der Waals surface area contributed by atoms with Gasteiger partial charge in [-0.05, 0) is 6.42 Å². The summed E-state index contributed by atoms with van der Waals surface area (Å²) in [5.74, 6) is -0.0263. The molecule has 0 N–H and O–H groups in total. The molecule has 0 bridgehead atoms. The monoisotopic (exact) mass is 267 g/mol. The van der Waals surface area contributed by atoms with Gasteiger partial charge in [-0.15, -0.1) is 0 Å². The summed E-state index contributed by atoms with van der Waals surface area (Å²) in [7, 11) is 1.65. The van der Waals surface area contributed by atoms with Gasteiger partial charge in [0.1, 0.15) is 17.2 Å². The molecule has 6 heteroatoms. The Hall–Kier alpha value is -1.72. The third kappa shape index (κ3) is 3.39. The predicted octanol–water partition coefficient (Wildman–Crippen LogP) is 2.44. The van der Waals surface area contributed by atoms with Gasteiger partial charge in [-0.1, -0.05) is 34.1 Å². The highest BCUT2D eigenvalue weighted by atomic mass is 16.6. The fourth-order valence-electron chi connectivity index (χ4n) is 1.84. The minimum atomic E-state index is -0.511. The molecule has 0 spiro atoms. The van der Waals surface area contributed by atoms with Crippen molar-refractivity contribution in [1.82, 2.24) is 9.78 Å². The Bertz CT molecular complexity index is 498. The first-order valence-electron chi connectivity index (χ1n) is 6.41. The van der Waals surface area contributed by atoms with E-state index < -0.39 is 10.3 Å². The molecule has 19 heavy (non-hydrogen) atoms. The molecule has 106 valence electrons. The van der Waals surface area contributed by atoms with Crippen LogP contribution in [0.5, 0.6) is 0 Å². The number of rotatable bonds is 5. The van der Waals surface area contributed by atoms with E-state index in [1.54, 1.807) is 7.05 Å². The van der Waals surface area contributed by atoms with Gasteiger partial charge in [0.15, 0.2) is 0 Å². The number of aromatic nitrogens is 2. The molecule has 1 aromatic rings. The molecule has 0 saturated heterocycles. The van der Waals surface area contributed by atoms with Gasteiger partial charge in [-0.25, -0.2) is 0 Å². The van der Waals surface area contributed by atoms with Gasteiger partial charge in [0, 0.05) is 12.5 Å². The highest BCUT2D eigenvalue weighted by Crippen LogP contribution is 2.27. The van der Waals surface area contributed by atoms with E-state index in [4.69, 9.17) is 0 Å². The third-order valence-corrected chi connectivity index (χ3v) is 3.04. The summed E-state index contributed by atoms with van der Waals surface area (Å²) in [5, 5.41) is 15.4. The van der Waals surface area contributed by atoms with Crippen molar-refractivity contribution in [1.29, 1.82) is 0 Å². The zero-order valence-corrected chi connectivity index (χ0v) is 12.2. The van der Waals surface area contributed by atoms with Gasteiger partial charge >= 0.3 is 5.69 Å². The molecule has 0 atom stereocenters. The van der Waals surface area contributed by atoms with E-state index in [9.17, 15) is 14.9 Å². The van der Waals surface area contributed by atoms with Gasteiger partial charge in [0.05, 0.1) is 11.3 Å². The number of nitrogens with zero attached hydrogens (tertiary/aromatic N) is 3. The molecule has 0 amide bonds. The second-order valence-electron chi connectivity index (χ2n) is 5.72. The van der Waals surface area contributed by atoms with Crippen LogP contribution in [-0.4, -0.2) is 20.5 Å². The third-order valence-electron chi connectivity index (χ3n) is 3.04. The van der Waals surface area contributed by atoms with Gasteiger partial charge in [-0.3, -0.25) is 19.6 Å². The summed E-state index contributed by atoms with van der Waals surface area (Å²) in [5.41, 5.74) is 0.352. The van der Waals surface area contributed by atoms with Gasteiger partial charge in [0.2, 0.25) is 0 Å². The zero-order chi connectivity index (χ0) is 14.8. The molecule has 0 aromatic carbocycles.